The van der Waals surface area contributed by atoms with Crippen LogP contribution in [0, 0.1) is 11.3 Å². The molecule has 0 spiro atoms. The van der Waals surface area contributed by atoms with E-state index < -0.39 is 23.3 Å². The van der Waals surface area contributed by atoms with Crippen LogP contribution < -0.4 is 3.07 Å². The number of hydrogen-bond donors (Lipinski definition) is 1. The van der Waals surface area contributed by atoms with Crippen LogP contribution in [0.1, 0.15) is 82.9 Å². The van der Waals surface area contributed by atoms with E-state index in [0.29, 0.717) is 17.1 Å². The van der Waals surface area contributed by atoms with Crippen LogP contribution in [-0.2, 0) is 35.2 Å². The molecule has 1 aromatic rings. The average molecular weight is 521 g/mol. The summed E-state index contributed by atoms with van der Waals surface area (Å²) in [5.74, 6) is 1.67. The van der Waals surface area contributed by atoms with Gasteiger partial charge in [-0.3, -0.25) is 0 Å². The Morgan fingerprint density at radius 2 is 1.96 bits per heavy atom. The second-order valence-electron chi connectivity index (χ2n) is 8.96. The van der Waals surface area contributed by atoms with Gasteiger partial charge < -0.3 is 0 Å². The van der Waals surface area contributed by atoms with Crippen LogP contribution in [0.3, 0.4) is 0 Å². The van der Waals surface area contributed by atoms with Crippen molar-refractivity contribution in [3.8, 4) is 5.75 Å². The minimum atomic E-state index is -1.66. The molecule has 2 aliphatic rings. The van der Waals surface area contributed by atoms with Gasteiger partial charge in [0, 0.05) is 0 Å². The zero-order chi connectivity index (χ0) is 17.0. The van der Waals surface area contributed by atoms with Crippen LogP contribution in [-0.4, -0.2) is 5.11 Å². The van der Waals surface area contributed by atoms with Crippen molar-refractivity contribution in [2.24, 2.45) is 11.3 Å². The van der Waals surface area contributed by atoms with Crippen LogP contribution >= 0.6 is 8.25 Å². The Morgan fingerprint density at radius 1 is 1.26 bits per heavy atom. The molecule has 2 aliphatic carbocycles. The van der Waals surface area contributed by atoms with E-state index in [0.717, 1.165) is 15.4 Å². The van der Waals surface area contributed by atoms with E-state index in [9.17, 15) is 5.11 Å². The van der Waals surface area contributed by atoms with Crippen molar-refractivity contribution in [2.75, 3.05) is 0 Å². The molecule has 124 valence electrons. The fourth-order valence-corrected chi connectivity index (χ4v) is 9.85. The number of fused-ring (bicyclic) bond motifs is 3. The van der Waals surface area contributed by atoms with E-state index in [-0.39, 0.29) is 5.41 Å². The molecule has 0 amide bonds. The summed E-state index contributed by atoms with van der Waals surface area (Å²) in [6.07, 6.45) is 6.34. The first-order valence-electron chi connectivity index (χ1n) is 9.16. The van der Waals surface area contributed by atoms with E-state index in [1.807, 2.05) is 0 Å². The quantitative estimate of drug-likeness (QED) is 0.517. The molecule has 0 aliphatic heterocycles. The van der Waals surface area contributed by atoms with Gasteiger partial charge in [0.15, 0.2) is 0 Å². The van der Waals surface area contributed by atoms with Gasteiger partial charge in [0.05, 0.1) is 0 Å². The molecule has 1 saturated carbocycles. The molecule has 0 unspecified atom stereocenters. The Bertz CT molecular complexity index is 623. The Kier molecular flexibility index (Phi) is 4.86. The van der Waals surface area contributed by atoms with Gasteiger partial charge in [-0.2, -0.15) is 0 Å². The number of benzene rings is 1. The molecule has 1 nitrogen and oxygen atoms in total. The number of phenols is 1. The first-order valence-corrected chi connectivity index (χ1v) is 18.7. The molecule has 0 heterocycles. The summed E-state index contributed by atoms with van der Waals surface area (Å²) < 4.78 is 1.14. The van der Waals surface area contributed by atoms with E-state index >= 15 is 0 Å². The van der Waals surface area contributed by atoms with E-state index in [1.54, 1.807) is 5.56 Å². The molecule has 3 heteroatoms. The van der Waals surface area contributed by atoms with Gasteiger partial charge in [0.25, 0.3) is 0 Å². The fraction of sp³-hybridized carbons (Fsp3) is 0.700. The minimum absolute atomic E-state index is 0.265. The Balaban J connectivity index is 2.24. The van der Waals surface area contributed by atoms with Crippen LogP contribution in [0.15, 0.2) is 6.07 Å². The molecular formula is C20H29ClHgO. The number of rotatable bonds is 2. The zero-order valence-corrected chi connectivity index (χ0v) is 21.6. The van der Waals surface area contributed by atoms with Gasteiger partial charge in [-0.1, -0.05) is 0 Å². The van der Waals surface area contributed by atoms with Crippen molar-refractivity contribution in [1.82, 2.24) is 0 Å². The van der Waals surface area contributed by atoms with Crippen LogP contribution in [0.5, 0.6) is 5.75 Å². The third-order valence-corrected chi connectivity index (χ3v) is 12.5. The van der Waals surface area contributed by atoms with Gasteiger partial charge in [-0.15, -0.1) is 0 Å². The van der Waals surface area contributed by atoms with Crippen molar-refractivity contribution in [1.29, 1.82) is 0 Å². The molecule has 1 fully saturated rings. The molecule has 0 bridgehead atoms. The second-order valence-corrected chi connectivity index (χ2v) is 15.3. The molecule has 1 aromatic carbocycles. The molecule has 1 N–H and O–H groups in total. The Hall–Kier alpha value is 0.245. The number of aromatic hydroxyl groups is 1. The first-order chi connectivity index (χ1) is 10.7. The van der Waals surface area contributed by atoms with E-state index in [1.165, 1.54) is 36.8 Å². The monoisotopic (exact) mass is 522 g/mol. The maximum atomic E-state index is 10.8. The third kappa shape index (κ3) is 2.78. The van der Waals surface area contributed by atoms with Gasteiger partial charge in [-0.25, -0.2) is 0 Å². The van der Waals surface area contributed by atoms with E-state index in [2.05, 4.69) is 40.7 Å². The van der Waals surface area contributed by atoms with Crippen molar-refractivity contribution < 1.29 is 28.4 Å². The maximum absolute atomic E-state index is 10.8. The van der Waals surface area contributed by atoms with E-state index in [4.69, 9.17) is 8.25 Å². The van der Waals surface area contributed by atoms with Gasteiger partial charge in [0.2, 0.25) is 0 Å². The molecule has 2 atom stereocenters. The van der Waals surface area contributed by atoms with Crippen molar-refractivity contribution in [3.63, 3.8) is 0 Å². The SMILES string of the molecule is CC(C)c1c(O)[c]([Hg][Cl])cc2c1CC[C@H]1C(C)(C)CCC[C@]21C. The summed E-state index contributed by atoms with van der Waals surface area (Å²) >= 11 is -1.66. The summed E-state index contributed by atoms with van der Waals surface area (Å²) in [5, 5.41) is 10.8. The summed E-state index contributed by atoms with van der Waals surface area (Å²) in [5.41, 5.74) is 4.89. The molecule has 0 aromatic heterocycles. The zero-order valence-electron chi connectivity index (χ0n) is 15.3. The van der Waals surface area contributed by atoms with Gasteiger partial charge >= 0.3 is 158 Å². The number of phenolic OH excluding ortho intramolecular Hbond substituents is 1. The normalized spacial score (nSPS) is 28.9. The van der Waals surface area contributed by atoms with Crippen LogP contribution in [0.4, 0.5) is 0 Å². The van der Waals surface area contributed by atoms with Gasteiger partial charge in [0.1, 0.15) is 0 Å². The summed E-state index contributed by atoms with van der Waals surface area (Å²) in [7, 11) is 6.39. The number of hydrogen-bond acceptors (Lipinski definition) is 1. The molecule has 0 radical (unpaired) electrons. The third-order valence-electron chi connectivity index (χ3n) is 6.78. The number of halogens is 1. The van der Waals surface area contributed by atoms with Crippen LogP contribution in [0.25, 0.3) is 0 Å². The molecular weight excluding hydrogens is 492 g/mol. The Labute approximate surface area is 157 Å². The fourth-order valence-electron chi connectivity index (χ4n) is 5.74. The standard InChI is InChI=1S/C20H29O.ClH.Hg/c1-13(2)18-14-7-10-17-19(3,4)11-6-12-20(17,5)15(14)8-9-16(18)21;;/h8,13,17,21H,6-7,10-12H2,1-5H3;1H;/q;;+1/p-1/t17-,20+;;/m0../s1. The Morgan fingerprint density at radius 3 is 2.57 bits per heavy atom. The summed E-state index contributed by atoms with van der Waals surface area (Å²) in [6, 6.07) is 2.33. The topological polar surface area (TPSA) is 20.2 Å². The van der Waals surface area contributed by atoms with Crippen molar-refractivity contribution in [2.45, 2.75) is 78.1 Å². The van der Waals surface area contributed by atoms with Crippen molar-refractivity contribution >= 4 is 11.3 Å². The molecule has 0 saturated heterocycles. The predicted octanol–water partition coefficient (Wildman–Crippen LogP) is 5.41. The van der Waals surface area contributed by atoms with Crippen molar-refractivity contribution in [3.05, 3.63) is 22.8 Å². The van der Waals surface area contributed by atoms with Gasteiger partial charge in [-0.05, 0) is 0 Å². The molecule has 23 heavy (non-hydrogen) atoms. The second kappa shape index (κ2) is 6.20. The van der Waals surface area contributed by atoms with Crippen LogP contribution in [0.2, 0.25) is 0 Å². The summed E-state index contributed by atoms with van der Waals surface area (Å²) in [4.78, 5) is 0. The summed E-state index contributed by atoms with van der Waals surface area (Å²) in [6.45, 7) is 11.8. The molecule has 3 rings (SSSR count). The first kappa shape index (κ1) is 18.0. The average Bonchev–Trinajstić information content (AvgIpc) is 2.45. The predicted molar refractivity (Wildman–Crippen MR) is 94.5 cm³/mol.